The molecule has 2 heteroatoms. The standard InChI is InChI=1S/C18H17N2/c1-12-15-11-19(2)9-8-13(15)10-17-18(12)14-6-4-5-7-16(14)20(17)3/h4-11H,1-3H3/q+1. The van der Waals surface area contributed by atoms with Gasteiger partial charge in [-0.15, -0.1) is 0 Å². The lowest BCUT2D eigenvalue weighted by molar-refractivity contribution is -0.670. The molecule has 98 valence electrons. The lowest BCUT2D eigenvalue weighted by Gasteiger charge is -2.04. The highest BCUT2D eigenvalue weighted by Gasteiger charge is 2.13. The molecule has 4 rings (SSSR count). The molecule has 20 heavy (non-hydrogen) atoms. The van der Waals surface area contributed by atoms with E-state index in [1.54, 1.807) is 0 Å². The minimum Gasteiger partial charge on any atom is -0.344 e. The fourth-order valence-electron chi connectivity index (χ4n) is 3.31. The van der Waals surface area contributed by atoms with Crippen LogP contribution in [0.15, 0.2) is 48.8 Å². The number of hydrogen-bond acceptors (Lipinski definition) is 0. The number of pyridine rings is 1. The molecule has 0 saturated heterocycles. The summed E-state index contributed by atoms with van der Waals surface area (Å²) in [4.78, 5) is 0. The maximum Gasteiger partial charge on any atom is 0.176 e. The van der Waals surface area contributed by atoms with Gasteiger partial charge in [0.2, 0.25) is 0 Å². The largest absolute Gasteiger partial charge is 0.344 e. The quantitative estimate of drug-likeness (QED) is 0.427. The van der Waals surface area contributed by atoms with E-state index >= 15 is 0 Å². The molecule has 2 heterocycles. The molecule has 0 amide bonds. The predicted octanol–water partition coefficient (Wildman–Crippen LogP) is 3.62. The van der Waals surface area contributed by atoms with Crippen molar-refractivity contribution in [3.05, 3.63) is 54.4 Å². The maximum absolute atomic E-state index is 2.30. The van der Waals surface area contributed by atoms with Gasteiger partial charge >= 0.3 is 0 Å². The Kier molecular flexibility index (Phi) is 2.19. The lowest BCUT2D eigenvalue weighted by atomic mass is 10.0. The number of fused-ring (bicyclic) bond motifs is 4. The van der Waals surface area contributed by atoms with Crippen molar-refractivity contribution in [1.29, 1.82) is 0 Å². The molecule has 2 aromatic heterocycles. The lowest BCUT2D eigenvalue weighted by Crippen LogP contribution is -2.26. The van der Waals surface area contributed by atoms with Gasteiger partial charge in [0.05, 0.1) is 0 Å². The molecule has 0 atom stereocenters. The molecular formula is C18H17N2+. The first kappa shape index (κ1) is 11.5. The Bertz CT molecular complexity index is 977. The molecule has 0 spiro atoms. The third-order valence-corrected chi connectivity index (χ3v) is 4.36. The van der Waals surface area contributed by atoms with Gasteiger partial charge in [-0.1, -0.05) is 18.2 Å². The summed E-state index contributed by atoms with van der Waals surface area (Å²) < 4.78 is 4.41. The van der Waals surface area contributed by atoms with Crippen LogP contribution in [0.2, 0.25) is 0 Å². The van der Waals surface area contributed by atoms with Crippen molar-refractivity contribution >= 4 is 32.6 Å². The van der Waals surface area contributed by atoms with Crippen LogP contribution >= 0.6 is 0 Å². The Morgan fingerprint density at radius 3 is 2.65 bits per heavy atom. The van der Waals surface area contributed by atoms with Crippen LogP contribution in [0.25, 0.3) is 32.6 Å². The van der Waals surface area contributed by atoms with E-state index < -0.39 is 0 Å². The molecular weight excluding hydrogens is 244 g/mol. The fourth-order valence-corrected chi connectivity index (χ4v) is 3.31. The van der Waals surface area contributed by atoms with E-state index in [2.05, 4.69) is 78.9 Å². The minimum absolute atomic E-state index is 1.30. The number of para-hydroxylation sites is 1. The molecule has 0 unspecified atom stereocenters. The summed E-state index contributed by atoms with van der Waals surface area (Å²) in [6.07, 6.45) is 4.32. The Morgan fingerprint density at radius 1 is 1.00 bits per heavy atom. The van der Waals surface area contributed by atoms with Crippen LogP contribution in [0.3, 0.4) is 0 Å². The first-order valence-corrected chi connectivity index (χ1v) is 6.92. The fraction of sp³-hybridized carbons (Fsp3) is 0.167. The second kappa shape index (κ2) is 3.83. The van der Waals surface area contributed by atoms with Gasteiger partial charge in [0.1, 0.15) is 7.05 Å². The third-order valence-electron chi connectivity index (χ3n) is 4.36. The smallest absolute Gasteiger partial charge is 0.176 e. The molecule has 0 aliphatic heterocycles. The van der Waals surface area contributed by atoms with Gasteiger partial charge in [0.15, 0.2) is 12.4 Å². The normalized spacial score (nSPS) is 11.8. The van der Waals surface area contributed by atoms with Crippen molar-refractivity contribution in [3.63, 3.8) is 0 Å². The third kappa shape index (κ3) is 1.36. The zero-order valence-corrected chi connectivity index (χ0v) is 12.0. The number of rotatable bonds is 0. The van der Waals surface area contributed by atoms with Crippen LogP contribution in [-0.2, 0) is 14.1 Å². The topological polar surface area (TPSA) is 8.81 Å². The van der Waals surface area contributed by atoms with Crippen LogP contribution in [0.4, 0.5) is 0 Å². The van der Waals surface area contributed by atoms with Crippen LogP contribution in [0, 0.1) is 6.92 Å². The van der Waals surface area contributed by atoms with Crippen molar-refractivity contribution in [2.75, 3.05) is 0 Å². The van der Waals surface area contributed by atoms with E-state index in [4.69, 9.17) is 0 Å². The first-order chi connectivity index (χ1) is 9.66. The summed E-state index contributed by atoms with van der Waals surface area (Å²) in [6, 6.07) is 13.1. The van der Waals surface area contributed by atoms with Crippen LogP contribution in [-0.4, -0.2) is 4.57 Å². The minimum atomic E-state index is 1.30. The van der Waals surface area contributed by atoms with Gasteiger partial charge in [-0.3, -0.25) is 0 Å². The SMILES string of the molecule is Cc1c2c[n+](C)ccc2cc2c1c1ccccc1n2C. The number of benzene rings is 2. The molecule has 0 N–H and O–H groups in total. The second-order valence-electron chi connectivity index (χ2n) is 5.59. The summed E-state index contributed by atoms with van der Waals surface area (Å²) in [7, 11) is 4.23. The number of nitrogens with zero attached hydrogens (tertiary/aromatic N) is 2. The first-order valence-electron chi connectivity index (χ1n) is 6.92. The Balaban J connectivity index is 2.35. The molecule has 0 fully saturated rings. The van der Waals surface area contributed by atoms with Gasteiger partial charge in [0, 0.05) is 40.3 Å². The summed E-state index contributed by atoms with van der Waals surface area (Å²) in [5, 5.41) is 5.36. The Morgan fingerprint density at radius 2 is 1.80 bits per heavy atom. The van der Waals surface area contributed by atoms with Crippen molar-refractivity contribution in [2.24, 2.45) is 14.1 Å². The van der Waals surface area contributed by atoms with Gasteiger partial charge in [-0.25, -0.2) is 4.57 Å². The van der Waals surface area contributed by atoms with E-state index in [1.165, 1.54) is 38.1 Å². The maximum atomic E-state index is 2.30. The Labute approximate surface area is 117 Å². The van der Waals surface area contributed by atoms with Gasteiger partial charge < -0.3 is 4.57 Å². The van der Waals surface area contributed by atoms with E-state index in [-0.39, 0.29) is 0 Å². The zero-order valence-electron chi connectivity index (χ0n) is 12.0. The van der Waals surface area contributed by atoms with E-state index in [9.17, 15) is 0 Å². The van der Waals surface area contributed by atoms with Crippen LogP contribution in [0.5, 0.6) is 0 Å². The van der Waals surface area contributed by atoms with Gasteiger partial charge in [-0.05, 0) is 30.0 Å². The second-order valence-corrected chi connectivity index (χ2v) is 5.59. The average molecular weight is 261 g/mol. The monoisotopic (exact) mass is 261 g/mol. The van der Waals surface area contributed by atoms with Crippen molar-refractivity contribution in [3.8, 4) is 0 Å². The van der Waals surface area contributed by atoms with E-state index in [0.29, 0.717) is 0 Å². The van der Waals surface area contributed by atoms with Crippen molar-refractivity contribution in [1.82, 2.24) is 4.57 Å². The highest BCUT2D eigenvalue weighted by molar-refractivity contribution is 6.14. The molecule has 0 saturated carbocycles. The predicted molar refractivity (Wildman–Crippen MR) is 83.8 cm³/mol. The van der Waals surface area contributed by atoms with E-state index in [0.717, 1.165) is 0 Å². The van der Waals surface area contributed by atoms with Crippen molar-refractivity contribution < 1.29 is 4.57 Å². The van der Waals surface area contributed by atoms with Crippen molar-refractivity contribution in [2.45, 2.75) is 6.92 Å². The van der Waals surface area contributed by atoms with E-state index in [1.807, 2.05) is 0 Å². The summed E-state index contributed by atoms with van der Waals surface area (Å²) in [5.74, 6) is 0. The van der Waals surface area contributed by atoms with Gasteiger partial charge in [0.25, 0.3) is 0 Å². The highest BCUT2D eigenvalue weighted by atomic mass is 14.9. The summed E-state index contributed by atoms with van der Waals surface area (Å²) >= 11 is 0. The Hall–Kier alpha value is -2.35. The van der Waals surface area contributed by atoms with Gasteiger partial charge in [-0.2, -0.15) is 0 Å². The molecule has 2 aromatic carbocycles. The number of aryl methyl sites for hydroxylation is 3. The zero-order chi connectivity index (χ0) is 13.9. The molecule has 0 aliphatic carbocycles. The molecule has 0 radical (unpaired) electrons. The summed E-state index contributed by atoms with van der Waals surface area (Å²) in [6.45, 7) is 2.23. The summed E-state index contributed by atoms with van der Waals surface area (Å²) in [5.41, 5.74) is 3.97. The molecule has 4 aromatic rings. The molecule has 0 bridgehead atoms. The number of aromatic nitrogens is 2. The molecule has 0 aliphatic rings. The molecule has 2 nitrogen and oxygen atoms in total. The van der Waals surface area contributed by atoms with Crippen LogP contribution in [0.1, 0.15) is 5.56 Å². The highest BCUT2D eigenvalue weighted by Crippen LogP contribution is 2.34. The van der Waals surface area contributed by atoms with Crippen LogP contribution < -0.4 is 4.57 Å². The average Bonchev–Trinajstić information content (AvgIpc) is 2.74. The number of hydrogen-bond donors (Lipinski definition) is 0.